The van der Waals surface area contributed by atoms with Crippen LogP contribution in [-0.2, 0) is 4.74 Å². The number of amides is 1. The molecule has 0 aliphatic rings. The molecule has 0 aliphatic heterocycles. The Kier molecular flexibility index (Phi) is 7.46. The average Bonchev–Trinajstić information content (AvgIpc) is 1.87. The summed E-state index contributed by atoms with van der Waals surface area (Å²) in [5, 5.41) is 2.36. The van der Waals surface area contributed by atoms with Gasteiger partial charge < -0.3 is 10.1 Å². The molecule has 0 saturated carbocycles. The summed E-state index contributed by atoms with van der Waals surface area (Å²) < 4.78 is 4.84. The first kappa shape index (κ1) is 13.1. The minimum absolute atomic E-state index is 0. The molecule has 0 aromatic heterocycles. The standard InChI is InChI=1S/C6H14N2O2.ClH/c1-5(8(3)4)10-6(9)7-2;/h5H,1-4H3,(H,7,9);1H. The maximum absolute atomic E-state index is 10.6. The molecule has 1 unspecified atom stereocenters. The predicted octanol–water partition coefficient (Wildman–Crippen LogP) is 0.672. The summed E-state index contributed by atoms with van der Waals surface area (Å²) in [6.45, 7) is 1.80. The van der Waals surface area contributed by atoms with Gasteiger partial charge in [0.15, 0.2) is 6.23 Å². The monoisotopic (exact) mass is 182 g/mol. The zero-order valence-electron chi connectivity index (χ0n) is 7.25. The van der Waals surface area contributed by atoms with Gasteiger partial charge in [-0.3, -0.25) is 4.90 Å². The molecule has 5 heteroatoms. The molecule has 1 amide bonds. The second-order valence-corrected chi connectivity index (χ2v) is 2.22. The van der Waals surface area contributed by atoms with Crippen molar-refractivity contribution in [2.45, 2.75) is 13.2 Å². The van der Waals surface area contributed by atoms with Crippen molar-refractivity contribution >= 4 is 18.5 Å². The number of hydrogen-bond donors (Lipinski definition) is 1. The first-order valence-electron chi connectivity index (χ1n) is 3.12. The van der Waals surface area contributed by atoms with Crippen molar-refractivity contribution in [2.24, 2.45) is 0 Å². The van der Waals surface area contributed by atoms with E-state index in [4.69, 9.17) is 4.74 Å². The van der Waals surface area contributed by atoms with Gasteiger partial charge in [0.25, 0.3) is 0 Å². The third-order valence-electron chi connectivity index (χ3n) is 1.21. The van der Waals surface area contributed by atoms with Crippen LogP contribution in [0, 0.1) is 0 Å². The second-order valence-electron chi connectivity index (χ2n) is 2.22. The Morgan fingerprint density at radius 3 is 2.27 bits per heavy atom. The van der Waals surface area contributed by atoms with Gasteiger partial charge in [-0.25, -0.2) is 4.79 Å². The molecule has 0 bridgehead atoms. The molecule has 11 heavy (non-hydrogen) atoms. The van der Waals surface area contributed by atoms with Crippen LogP contribution in [0.25, 0.3) is 0 Å². The molecule has 0 aromatic carbocycles. The fourth-order valence-electron chi connectivity index (χ4n) is 0.319. The van der Waals surface area contributed by atoms with E-state index in [2.05, 4.69) is 5.32 Å². The van der Waals surface area contributed by atoms with Crippen LogP contribution in [0.1, 0.15) is 6.92 Å². The highest BCUT2D eigenvalue weighted by molar-refractivity contribution is 5.85. The van der Waals surface area contributed by atoms with E-state index in [-0.39, 0.29) is 18.6 Å². The largest absolute Gasteiger partial charge is 0.431 e. The molecular weight excluding hydrogens is 168 g/mol. The predicted molar refractivity (Wildman–Crippen MR) is 45.9 cm³/mol. The minimum atomic E-state index is -0.402. The molecule has 0 rings (SSSR count). The maximum atomic E-state index is 10.6. The Balaban J connectivity index is 0. The van der Waals surface area contributed by atoms with Gasteiger partial charge in [-0.15, -0.1) is 12.4 Å². The molecule has 1 atom stereocenters. The summed E-state index contributed by atoms with van der Waals surface area (Å²) in [6, 6.07) is 0. The molecule has 4 nitrogen and oxygen atoms in total. The van der Waals surface area contributed by atoms with Gasteiger partial charge in [0, 0.05) is 7.05 Å². The highest BCUT2D eigenvalue weighted by Crippen LogP contribution is 1.92. The van der Waals surface area contributed by atoms with E-state index in [1.807, 2.05) is 14.1 Å². The molecular formula is C6H15ClN2O2. The van der Waals surface area contributed by atoms with Crippen molar-refractivity contribution in [1.82, 2.24) is 10.2 Å². The van der Waals surface area contributed by atoms with Crippen LogP contribution < -0.4 is 5.32 Å². The number of ether oxygens (including phenoxy) is 1. The van der Waals surface area contributed by atoms with Crippen LogP contribution in [0.5, 0.6) is 0 Å². The summed E-state index contributed by atoms with van der Waals surface area (Å²) in [4.78, 5) is 12.4. The fraction of sp³-hybridized carbons (Fsp3) is 0.833. The lowest BCUT2D eigenvalue weighted by molar-refractivity contribution is 0.0283. The molecule has 0 saturated heterocycles. The first-order chi connectivity index (χ1) is 4.57. The highest BCUT2D eigenvalue weighted by atomic mass is 35.5. The summed E-state index contributed by atoms with van der Waals surface area (Å²) in [5.74, 6) is 0. The molecule has 0 fully saturated rings. The van der Waals surface area contributed by atoms with Gasteiger partial charge in [0.05, 0.1) is 0 Å². The maximum Gasteiger partial charge on any atom is 0.408 e. The number of halogens is 1. The van der Waals surface area contributed by atoms with Crippen LogP contribution in [0.2, 0.25) is 0 Å². The lowest BCUT2D eigenvalue weighted by Gasteiger charge is -2.19. The number of carbonyl (C=O) groups excluding carboxylic acids is 1. The number of nitrogens with zero attached hydrogens (tertiary/aromatic N) is 1. The Labute approximate surface area is 73.3 Å². The van der Waals surface area contributed by atoms with Crippen molar-refractivity contribution < 1.29 is 9.53 Å². The van der Waals surface area contributed by atoms with Crippen molar-refractivity contribution in [3.8, 4) is 0 Å². The lowest BCUT2D eigenvalue weighted by atomic mass is 10.6. The number of carbonyl (C=O) groups is 1. The minimum Gasteiger partial charge on any atom is -0.431 e. The number of alkyl carbamates (subject to hydrolysis) is 1. The van der Waals surface area contributed by atoms with E-state index in [1.165, 1.54) is 7.05 Å². The zero-order chi connectivity index (χ0) is 8.15. The first-order valence-corrected chi connectivity index (χ1v) is 3.12. The van der Waals surface area contributed by atoms with Crippen LogP contribution in [0.15, 0.2) is 0 Å². The third kappa shape index (κ3) is 5.94. The number of hydrogen-bond acceptors (Lipinski definition) is 3. The van der Waals surface area contributed by atoms with Crippen LogP contribution >= 0.6 is 12.4 Å². The topological polar surface area (TPSA) is 41.6 Å². The Hall–Kier alpha value is -0.480. The van der Waals surface area contributed by atoms with Gasteiger partial charge in [0.1, 0.15) is 0 Å². The lowest BCUT2D eigenvalue weighted by Crippen LogP contribution is -2.33. The van der Waals surface area contributed by atoms with E-state index in [0.29, 0.717) is 0 Å². The number of nitrogens with one attached hydrogen (secondary N) is 1. The van der Waals surface area contributed by atoms with Crippen LogP contribution in [-0.4, -0.2) is 38.4 Å². The zero-order valence-corrected chi connectivity index (χ0v) is 8.07. The quantitative estimate of drug-likeness (QED) is 0.639. The van der Waals surface area contributed by atoms with Gasteiger partial charge in [0.2, 0.25) is 0 Å². The molecule has 68 valence electrons. The smallest absolute Gasteiger partial charge is 0.408 e. The van der Waals surface area contributed by atoms with E-state index in [0.717, 1.165) is 0 Å². The second kappa shape index (κ2) is 6.24. The summed E-state index contributed by atoms with van der Waals surface area (Å²) in [7, 11) is 5.21. The van der Waals surface area contributed by atoms with Crippen LogP contribution in [0.3, 0.4) is 0 Å². The van der Waals surface area contributed by atoms with Crippen molar-refractivity contribution in [2.75, 3.05) is 21.1 Å². The van der Waals surface area contributed by atoms with Crippen molar-refractivity contribution in [3.05, 3.63) is 0 Å². The van der Waals surface area contributed by atoms with Gasteiger partial charge in [-0.2, -0.15) is 0 Å². The van der Waals surface area contributed by atoms with Crippen molar-refractivity contribution in [1.29, 1.82) is 0 Å². The molecule has 0 heterocycles. The van der Waals surface area contributed by atoms with Crippen molar-refractivity contribution in [3.63, 3.8) is 0 Å². The average molecular weight is 183 g/mol. The van der Waals surface area contributed by atoms with E-state index in [9.17, 15) is 4.79 Å². The van der Waals surface area contributed by atoms with E-state index < -0.39 is 6.09 Å². The van der Waals surface area contributed by atoms with E-state index >= 15 is 0 Å². The van der Waals surface area contributed by atoms with Crippen LogP contribution in [0.4, 0.5) is 4.79 Å². The third-order valence-corrected chi connectivity index (χ3v) is 1.21. The molecule has 1 N–H and O–H groups in total. The molecule has 0 aliphatic carbocycles. The van der Waals surface area contributed by atoms with Gasteiger partial charge >= 0.3 is 6.09 Å². The normalized spacial score (nSPS) is 11.7. The molecule has 0 spiro atoms. The SMILES string of the molecule is CNC(=O)OC(C)N(C)C.Cl. The Morgan fingerprint density at radius 1 is 1.55 bits per heavy atom. The summed E-state index contributed by atoms with van der Waals surface area (Å²) in [6.07, 6.45) is -0.582. The summed E-state index contributed by atoms with van der Waals surface area (Å²) >= 11 is 0. The Bertz CT molecular complexity index is 119. The van der Waals surface area contributed by atoms with E-state index in [1.54, 1.807) is 11.8 Å². The Morgan fingerprint density at radius 2 is 2.00 bits per heavy atom. The fourth-order valence-corrected chi connectivity index (χ4v) is 0.319. The molecule has 0 radical (unpaired) electrons. The number of rotatable bonds is 2. The van der Waals surface area contributed by atoms with Gasteiger partial charge in [-0.1, -0.05) is 0 Å². The molecule has 0 aromatic rings. The highest BCUT2D eigenvalue weighted by Gasteiger charge is 2.07. The summed E-state index contributed by atoms with van der Waals surface area (Å²) in [5.41, 5.74) is 0. The van der Waals surface area contributed by atoms with Gasteiger partial charge in [-0.05, 0) is 21.0 Å².